The van der Waals surface area contributed by atoms with Gasteiger partial charge in [-0.3, -0.25) is 19.2 Å². The first-order valence-electron chi connectivity index (χ1n) is 8.49. The van der Waals surface area contributed by atoms with Crippen molar-refractivity contribution in [3.05, 3.63) is 0 Å². The van der Waals surface area contributed by atoms with Crippen molar-refractivity contribution >= 4 is 45.9 Å². The molecule has 0 aromatic carbocycles. The molecular formula is C16H26N2O6S2. The standard InChI is InChI=1S/C16H26N2O6S2/c1-11-4-3-5-12(8-11)18-16(22)26-10-14(20)24-7-6-23-13(19)9-25-15(21)17-2/h11-12H,3-10H2,1-2H3,(H,17,21)(H,18,22). The Morgan fingerprint density at radius 1 is 0.962 bits per heavy atom. The van der Waals surface area contributed by atoms with E-state index in [4.69, 9.17) is 9.47 Å². The fourth-order valence-electron chi connectivity index (χ4n) is 2.49. The van der Waals surface area contributed by atoms with Crippen LogP contribution in [-0.2, 0) is 19.1 Å². The number of ether oxygens (including phenoxy) is 2. The number of thioether (sulfide) groups is 2. The predicted molar refractivity (Wildman–Crippen MR) is 101 cm³/mol. The molecule has 0 bridgehead atoms. The molecule has 0 spiro atoms. The fraction of sp³-hybridized carbons (Fsp3) is 0.750. The molecule has 2 unspecified atom stereocenters. The number of amides is 2. The highest BCUT2D eigenvalue weighted by atomic mass is 32.2. The van der Waals surface area contributed by atoms with Gasteiger partial charge in [0.15, 0.2) is 0 Å². The first kappa shape index (κ1) is 22.6. The molecule has 1 aliphatic carbocycles. The predicted octanol–water partition coefficient (Wildman–Crippen LogP) is 2.17. The van der Waals surface area contributed by atoms with Crippen molar-refractivity contribution in [1.82, 2.24) is 10.6 Å². The summed E-state index contributed by atoms with van der Waals surface area (Å²) < 4.78 is 9.71. The van der Waals surface area contributed by atoms with Gasteiger partial charge in [0.2, 0.25) is 0 Å². The van der Waals surface area contributed by atoms with Crippen molar-refractivity contribution in [3.8, 4) is 0 Å². The second-order valence-corrected chi connectivity index (χ2v) is 7.85. The number of rotatable bonds is 8. The topological polar surface area (TPSA) is 111 Å². The molecule has 1 aliphatic rings. The first-order valence-corrected chi connectivity index (χ1v) is 10.5. The van der Waals surface area contributed by atoms with Crippen LogP contribution in [0.5, 0.6) is 0 Å². The van der Waals surface area contributed by atoms with Crippen molar-refractivity contribution in [3.63, 3.8) is 0 Å². The third-order valence-corrected chi connectivity index (χ3v) is 5.32. The molecule has 0 aliphatic heterocycles. The van der Waals surface area contributed by atoms with Crippen molar-refractivity contribution in [2.75, 3.05) is 31.8 Å². The normalized spacial score (nSPS) is 19.3. The van der Waals surface area contributed by atoms with Crippen LogP contribution in [0, 0.1) is 5.92 Å². The van der Waals surface area contributed by atoms with Gasteiger partial charge in [0, 0.05) is 13.1 Å². The van der Waals surface area contributed by atoms with Gasteiger partial charge in [-0.1, -0.05) is 43.3 Å². The maximum Gasteiger partial charge on any atom is 0.316 e. The molecule has 0 aromatic rings. The summed E-state index contributed by atoms with van der Waals surface area (Å²) in [7, 11) is 1.47. The largest absolute Gasteiger partial charge is 0.461 e. The molecule has 1 saturated carbocycles. The molecule has 0 heterocycles. The van der Waals surface area contributed by atoms with Crippen LogP contribution in [0.15, 0.2) is 0 Å². The lowest BCUT2D eigenvalue weighted by atomic mass is 9.87. The first-order chi connectivity index (χ1) is 12.4. The Kier molecular flexibility index (Phi) is 11.2. The molecule has 8 nitrogen and oxygen atoms in total. The lowest BCUT2D eigenvalue weighted by molar-refractivity contribution is -0.148. The number of hydrogen-bond acceptors (Lipinski definition) is 8. The van der Waals surface area contributed by atoms with Crippen LogP contribution in [0.4, 0.5) is 9.59 Å². The van der Waals surface area contributed by atoms with Crippen molar-refractivity contribution in [2.45, 2.75) is 38.6 Å². The number of nitrogens with one attached hydrogen (secondary N) is 2. The van der Waals surface area contributed by atoms with E-state index in [-0.39, 0.29) is 41.2 Å². The van der Waals surface area contributed by atoms with E-state index in [0.29, 0.717) is 5.92 Å². The molecule has 2 N–H and O–H groups in total. The van der Waals surface area contributed by atoms with E-state index < -0.39 is 11.9 Å². The highest BCUT2D eigenvalue weighted by Crippen LogP contribution is 2.24. The Morgan fingerprint density at radius 3 is 2.08 bits per heavy atom. The maximum absolute atomic E-state index is 11.8. The summed E-state index contributed by atoms with van der Waals surface area (Å²) >= 11 is 1.67. The van der Waals surface area contributed by atoms with Gasteiger partial charge in [-0.25, -0.2) is 0 Å². The minimum atomic E-state index is -0.565. The lowest BCUT2D eigenvalue weighted by Gasteiger charge is -2.27. The Balaban J connectivity index is 2.04. The number of carbonyl (C=O) groups is 4. The van der Waals surface area contributed by atoms with Gasteiger partial charge in [0.1, 0.15) is 24.7 Å². The van der Waals surface area contributed by atoms with Crippen LogP contribution >= 0.6 is 23.5 Å². The van der Waals surface area contributed by atoms with Gasteiger partial charge in [0.25, 0.3) is 10.5 Å². The van der Waals surface area contributed by atoms with E-state index in [0.717, 1.165) is 42.8 Å². The number of esters is 2. The third kappa shape index (κ3) is 10.5. The van der Waals surface area contributed by atoms with E-state index in [1.54, 1.807) is 0 Å². The summed E-state index contributed by atoms with van der Waals surface area (Å²) in [4.78, 5) is 45.7. The van der Waals surface area contributed by atoms with E-state index in [1.807, 2.05) is 0 Å². The van der Waals surface area contributed by atoms with E-state index in [2.05, 4.69) is 17.6 Å². The van der Waals surface area contributed by atoms with Crippen molar-refractivity contribution in [1.29, 1.82) is 0 Å². The molecule has 0 aromatic heterocycles. The highest BCUT2D eigenvalue weighted by molar-refractivity contribution is 8.14. The zero-order valence-corrected chi connectivity index (χ0v) is 16.7. The monoisotopic (exact) mass is 406 g/mol. The van der Waals surface area contributed by atoms with Crippen LogP contribution in [0.1, 0.15) is 32.6 Å². The molecule has 26 heavy (non-hydrogen) atoms. The van der Waals surface area contributed by atoms with Gasteiger partial charge in [-0.15, -0.1) is 0 Å². The molecule has 1 rings (SSSR count). The van der Waals surface area contributed by atoms with Crippen molar-refractivity contribution in [2.24, 2.45) is 5.92 Å². The van der Waals surface area contributed by atoms with Crippen LogP contribution in [0.2, 0.25) is 0 Å². The zero-order chi connectivity index (χ0) is 19.4. The Morgan fingerprint density at radius 2 is 1.54 bits per heavy atom. The SMILES string of the molecule is CNC(=O)SCC(=O)OCCOC(=O)CSC(=O)NC1CCCC(C)C1. The Labute approximate surface area is 161 Å². The van der Waals surface area contributed by atoms with E-state index in [9.17, 15) is 19.2 Å². The number of hydrogen-bond donors (Lipinski definition) is 2. The Bertz CT molecular complexity index is 503. The van der Waals surface area contributed by atoms with Crippen LogP contribution in [-0.4, -0.2) is 60.2 Å². The summed E-state index contributed by atoms with van der Waals surface area (Å²) in [5, 5.41) is 4.74. The van der Waals surface area contributed by atoms with Gasteiger partial charge in [-0.2, -0.15) is 0 Å². The Hall–Kier alpha value is -1.42. The number of carbonyl (C=O) groups excluding carboxylic acids is 4. The zero-order valence-electron chi connectivity index (χ0n) is 15.1. The van der Waals surface area contributed by atoms with Crippen LogP contribution in [0.3, 0.4) is 0 Å². The highest BCUT2D eigenvalue weighted by Gasteiger charge is 2.21. The average Bonchev–Trinajstić information content (AvgIpc) is 2.61. The van der Waals surface area contributed by atoms with E-state index >= 15 is 0 Å². The minimum absolute atomic E-state index is 0.0858. The molecule has 2 atom stereocenters. The smallest absolute Gasteiger partial charge is 0.316 e. The van der Waals surface area contributed by atoms with Gasteiger partial charge in [-0.05, 0) is 18.8 Å². The second kappa shape index (κ2) is 12.9. The van der Waals surface area contributed by atoms with Gasteiger partial charge in [0.05, 0.1) is 0 Å². The van der Waals surface area contributed by atoms with Gasteiger partial charge >= 0.3 is 11.9 Å². The molecular weight excluding hydrogens is 380 g/mol. The summed E-state index contributed by atoms with van der Waals surface area (Å²) in [6.45, 7) is 2.00. The second-order valence-electron chi connectivity index (χ2n) is 5.96. The fourth-order valence-corrected chi connectivity index (χ4v) is 3.55. The van der Waals surface area contributed by atoms with E-state index in [1.165, 1.54) is 13.5 Å². The lowest BCUT2D eigenvalue weighted by Crippen LogP contribution is -2.36. The summed E-state index contributed by atoms with van der Waals surface area (Å²) in [5.41, 5.74) is 0. The molecule has 148 valence electrons. The van der Waals surface area contributed by atoms with Crippen molar-refractivity contribution < 1.29 is 28.7 Å². The maximum atomic E-state index is 11.8. The summed E-state index contributed by atoms with van der Waals surface area (Å²) in [6.07, 6.45) is 4.25. The third-order valence-electron chi connectivity index (χ3n) is 3.71. The minimum Gasteiger partial charge on any atom is -0.461 e. The van der Waals surface area contributed by atoms with Crippen LogP contribution < -0.4 is 10.6 Å². The van der Waals surface area contributed by atoms with Crippen LogP contribution in [0.25, 0.3) is 0 Å². The van der Waals surface area contributed by atoms with Gasteiger partial charge < -0.3 is 20.1 Å². The molecule has 2 amide bonds. The molecule has 0 radical (unpaired) electrons. The summed E-state index contributed by atoms with van der Waals surface area (Å²) in [5.74, 6) is -0.692. The molecule has 0 saturated heterocycles. The average molecular weight is 407 g/mol. The molecule has 1 fully saturated rings. The molecule has 10 heteroatoms. The summed E-state index contributed by atoms with van der Waals surface area (Å²) in [6, 6.07) is 0.182. The quantitative estimate of drug-likeness (QED) is 0.466.